The first-order valence-electron chi connectivity index (χ1n) is 6.64. The number of aromatic amines is 1. The van der Waals surface area contributed by atoms with Gasteiger partial charge in [-0.3, -0.25) is 0 Å². The van der Waals surface area contributed by atoms with Gasteiger partial charge in [-0.05, 0) is 27.0 Å². The second-order valence-electron chi connectivity index (χ2n) is 5.84. The molecule has 1 aromatic carbocycles. The minimum atomic E-state index is -0.821. The second-order valence-corrected chi connectivity index (χ2v) is 5.84. The molecule has 21 heavy (non-hydrogen) atoms. The Morgan fingerprint density at radius 2 is 2.00 bits per heavy atom. The highest BCUT2D eigenvalue weighted by molar-refractivity contribution is 5.64. The van der Waals surface area contributed by atoms with Gasteiger partial charge >= 0.3 is 6.09 Å². The lowest BCUT2D eigenvalue weighted by Crippen LogP contribution is -2.19. The summed E-state index contributed by atoms with van der Waals surface area (Å²) in [5, 5.41) is 13.7. The quantitative estimate of drug-likeness (QED) is 0.891. The van der Waals surface area contributed by atoms with Crippen LogP contribution in [0, 0.1) is 0 Å². The number of hydrogen-bond acceptors (Lipinski definition) is 5. The Morgan fingerprint density at radius 3 is 2.48 bits per heavy atom. The maximum absolute atomic E-state index is 10.8. The molecule has 2 aromatic rings. The molecule has 2 rings (SSSR count). The Kier molecular flexibility index (Phi) is 4.21. The summed E-state index contributed by atoms with van der Waals surface area (Å²) in [5.41, 5.74) is 7.27. The van der Waals surface area contributed by atoms with Crippen LogP contribution in [0.4, 0.5) is 4.79 Å². The van der Waals surface area contributed by atoms with E-state index in [0.717, 1.165) is 5.56 Å². The van der Waals surface area contributed by atoms with Crippen LogP contribution in [0.1, 0.15) is 43.6 Å². The second kappa shape index (κ2) is 5.90. The minimum absolute atomic E-state index is 0.0749. The van der Waals surface area contributed by atoms with Gasteiger partial charge in [0.1, 0.15) is 6.61 Å². The van der Waals surface area contributed by atoms with Crippen LogP contribution in [0.15, 0.2) is 24.3 Å². The zero-order valence-electron chi connectivity index (χ0n) is 12.3. The number of benzene rings is 1. The number of nitrogens with one attached hydrogen (secondary N) is 1. The molecule has 1 amide bonds. The van der Waals surface area contributed by atoms with Crippen molar-refractivity contribution in [3.63, 3.8) is 0 Å². The van der Waals surface area contributed by atoms with Crippen molar-refractivity contribution in [1.82, 2.24) is 20.6 Å². The van der Waals surface area contributed by atoms with Crippen molar-refractivity contribution < 1.29 is 9.53 Å². The SMILES string of the molecule is CC(C)(C)c1ccc(C(COC(N)=O)c2nnn[nH]2)cc1. The van der Waals surface area contributed by atoms with Crippen molar-refractivity contribution >= 4 is 6.09 Å². The first kappa shape index (κ1) is 15.0. The number of primary amides is 1. The van der Waals surface area contributed by atoms with E-state index in [-0.39, 0.29) is 17.9 Å². The Hall–Kier alpha value is -2.44. The molecular formula is C14H19N5O2. The van der Waals surface area contributed by atoms with Gasteiger partial charge in [0.05, 0.1) is 5.92 Å². The van der Waals surface area contributed by atoms with Crippen LogP contribution in [-0.2, 0) is 10.2 Å². The van der Waals surface area contributed by atoms with Gasteiger partial charge < -0.3 is 10.5 Å². The summed E-state index contributed by atoms with van der Waals surface area (Å²) >= 11 is 0. The molecule has 112 valence electrons. The van der Waals surface area contributed by atoms with Gasteiger partial charge in [0.25, 0.3) is 0 Å². The van der Waals surface area contributed by atoms with Crippen LogP contribution < -0.4 is 5.73 Å². The van der Waals surface area contributed by atoms with Gasteiger partial charge in [-0.25, -0.2) is 9.89 Å². The summed E-state index contributed by atoms with van der Waals surface area (Å²) in [5.74, 6) is 0.251. The average molecular weight is 289 g/mol. The number of ether oxygens (including phenoxy) is 1. The lowest BCUT2D eigenvalue weighted by molar-refractivity contribution is 0.152. The summed E-state index contributed by atoms with van der Waals surface area (Å²) in [6.45, 7) is 6.53. The normalized spacial score (nSPS) is 12.9. The zero-order valence-corrected chi connectivity index (χ0v) is 12.3. The fourth-order valence-corrected chi connectivity index (χ4v) is 2.03. The van der Waals surface area contributed by atoms with E-state index >= 15 is 0 Å². The fourth-order valence-electron chi connectivity index (χ4n) is 2.03. The molecule has 1 aromatic heterocycles. The molecule has 0 spiro atoms. The van der Waals surface area contributed by atoms with Crippen LogP contribution in [0.25, 0.3) is 0 Å². The zero-order chi connectivity index (χ0) is 15.5. The molecule has 7 heteroatoms. The molecule has 0 saturated heterocycles. The molecular weight excluding hydrogens is 270 g/mol. The van der Waals surface area contributed by atoms with Crippen LogP contribution in [0.2, 0.25) is 0 Å². The molecule has 0 fully saturated rings. The number of nitrogens with zero attached hydrogens (tertiary/aromatic N) is 3. The molecule has 3 N–H and O–H groups in total. The van der Waals surface area contributed by atoms with E-state index in [0.29, 0.717) is 5.82 Å². The van der Waals surface area contributed by atoms with Crippen LogP contribution in [-0.4, -0.2) is 33.3 Å². The minimum Gasteiger partial charge on any atom is -0.449 e. The summed E-state index contributed by atoms with van der Waals surface area (Å²) in [4.78, 5) is 10.8. The Balaban J connectivity index is 2.26. The largest absolute Gasteiger partial charge is 0.449 e. The number of aromatic nitrogens is 4. The number of hydrogen-bond donors (Lipinski definition) is 2. The number of carbonyl (C=O) groups is 1. The van der Waals surface area contributed by atoms with Gasteiger partial charge in [-0.2, -0.15) is 0 Å². The molecule has 1 atom stereocenters. The molecule has 1 heterocycles. The number of rotatable bonds is 4. The van der Waals surface area contributed by atoms with Crippen LogP contribution >= 0.6 is 0 Å². The van der Waals surface area contributed by atoms with Crippen LogP contribution in [0.5, 0.6) is 0 Å². The van der Waals surface area contributed by atoms with Gasteiger partial charge in [0.15, 0.2) is 5.82 Å². The molecule has 0 radical (unpaired) electrons. The molecule has 1 unspecified atom stereocenters. The van der Waals surface area contributed by atoms with Gasteiger partial charge in [-0.1, -0.05) is 45.0 Å². The van der Waals surface area contributed by atoms with Gasteiger partial charge in [0, 0.05) is 0 Å². The number of H-pyrrole nitrogens is 1. The highest BCUT2D eigenvalue weighted by Gasteiger charge is 2.21. The predicted molar refractivity (Wildman–Crippen MR) is 76.7 cm³/mol. The first-order valence-corrected chi connectivity index (χ1v) is 6.64. The van der Waals surface area contributed by atoms with Crippen molar-refractivity contribution in [2.24, 2.45) is 5.73 Å². The standard InChI is InChI=1S/C14H19N5O2/c1-14(2,3)10-6-4-9(5-7-10)11(8-21-13(15)20)12-16-18-19-17-12/h4-7,11H,8H2,1-3H3,(H2,15,20)(H,16,17,18,19). The summed E-state index contributed by atoms with van der Waals surface area (Å²) in [7, 11) is 0. The number of carbonyl (C=O) groups excluding carboxylic acids is 1. The van der Waals surface area contributed by atoms with E-state index in [1.807, 2.05) is 12.1 Å². The van der Waals surface area contributed by atoms with E-state index in [1.54, 1.807) is 0 Å². The number of amides is 1. The molecule has 0 aliphatic carbocycles. The highest BCUT2D eigenvalue weighted by Crippen LogP contribution is 2.26. The third kappa shape index (κ3) is 3.77. The Bertz CT molecular complexity index is 587. The monoisotopic (exact) mass is 289 g/mol. The van der Waals surface area contributed by atoms with Crippen LogP contribution in [0.3, 0.4) is 0 Å². The van der Waals surface area contributed by atoms with Crippen molar-refractivity contribution in [2.45, 2.75) is 32.1 Å². The van der Waals surface area contributed by atoms with E-state index in [1.165, 1.54) is 5.56 Å². The van der Waals surface area contributed by atoms with Crippen molar-refractivity contribution in [2.75, 3.05) is 6.61 Å². The summed E-state index contributed by atoms with van der Waals surface area (Å²) < 4.78 is 4.90. The maximum Gasteiger partial charge on any atom is 0.404 e. The fraction of sp³-hybridized carbons (Fsp3) is 0.429. The Labute approximate surface area is 122 Å². The topological polar surface area (TPSA) is 107 Å². The summed E-state index contributed by atoms with van der Waals surface area (Å²) in [6.07, 6.45) is -0.821. The smallest absolute Gasteiger partial charge is 0.404 e. The lowest BCUT2D eigenvalue weighted by Gasteiger charge is -2.20. The van der Waals surface area contributed by atoms with E-state index < -0.39 is 6.09 Å². The maximum atomic E-state index is 10.8. The highest BCUT2D eigenvalue weighted by atomic mass is 16.5. The third-order valence-corrected chi connectivity index (χ3v) is 3.26. The van der Waals surface area contributed by atoms with Crippen molar-refractivity contribution in [3.05, 3.63) is 41.2 Å². The predicted octanol–water partition coefficient (Wildman–Crippen LogP) is 1.72. The first-order chi connectivity index (χ1) is 9.88. The molecule has 0 bridgehead atoms. The molecule has 7 nitrogen and oxygen atoms in total. The van der Waals surface area contributed by atoms with Crippen molar-refractivity contribution in [3.8, 4) is 0 Å². The van der Waals surface area contributed by atoms with E-state index in [2.05, 4.69) is 53.5 Å². The van der Waals surface area contributed by atoms with Crippen molar-refractivity contribution in [1.29, 1.82) is 0 Å². The third-order valence-electron chi connectivity index (χ3n) is 3.26. The van der Waals surface area contributed by atoms with E-state index in [4.69, 9.17) is 10.5 Å². The number of nitrogens with two attached hydrogens (primary N) is 1. The van der Waals surface area contributed by atoms with E-state index in [9.17, 15) is 4.79 Å². The lowest BCUT2D eigenvalue weighted by atomic mass is 9.85. The molecule has 0 saturated carbocycles. The number of tetrazole rings is 1. The average Bonchev–Trinajstić information content (AvgIpc) is 2.92. The Morgan fingerprint density at radius 1 is 1.33 bits per heavy atom. The van der Waals surface area contributed by atoms with Gasteiger partial charge in [-0.15, -0.1) is 5.10 Å². The summed E-state index contributed by atoms with van der Waals surface area (Å²) in [6, 6.07) is 8.07. The molecule has 0 aliphatic rings. The van der Waals surface area contributed by atoms with Gasteiger partial charge in [0.2, 0.25) is 0 Å². The molecule has 0 aliphatic heterocycles.